The Labute approximate surface area is 224 Å². The van der Waals surface area contributed by atoms with Gasteiger partial charge in [-0.1, -0.05) is 43.3 Å². The largest absolute Gasteiger partial charge is 0.493 e. The molecule has 1 aromatic heterocycles. The van der Waals surface area contributed by atoms with Crippen molar-refractivity contribution in [3.63, 3.8) is 0 Å². The minimum absolute atomic E-state index is 0.135. The summed E-state index contributed by atoms with van der Waals surface area (Å²) in [6, 6.07) is 19.3. The maximum atomic E-state index is 13.3. The van der Waals surface area contributed by atoms with Gasteiger partial charge in [-0.15, -0.1) is 0 Å². The number of rotatable bonds is 10. The molecule has 1 aliphatic rings. The Kier molecular flexibility index (Phi) is 9.19. The molecule has 4 rings (SSSR count). The number of hydrogen-bond acceptors (Lipinski definition) is 6. The van der Waals surface area contributed by atoms with E-state index in [1.54, 1.807) is 32.5 Å². The van der Waals surface area contributed by atoms with Gasteiger partial charge in [-0.3, -0.25) is 9.59 Å². The summed E-state index contributed by atoms with van der Waals surface area (Å²) in [5.41, 5.74) is 2.63. The van der Waals surface area contributed by atoms with Gasteiger partial charge in [-0.2, -0.15) is 0 Å². The van der Waals surface area contributed by atoms with Crippen LogP contribution in [0.1, 0.15) is 40.7 Å². The van der Waals surface area contributed by atoms with Crippen LogP contribution in [-0.2, 0) is 11.2 Å². The lowest BCUT2D eigenvalue weighted by molar-refractivity contribution is -0.133. The Morgan fingerprint density at radius 2 is 1.68 bits per heavy atom. The first-order valence-corrected chi connectivity index (χ1v) is 13.1. The third-order valence-corrected chi connectivity index (χ3v) is 6.98. The van der Waals surface area contributed by atoms with E-state index in [1.807, 2.05) is 53.4 Å². The van der Waals surface area contributed by atoms with Crippen LogP contribution in [0.4, 0.5) is 5.82 Å². The molecule has 1 atom stereocenters. The Bertz CT molecular complexity index is 1230. The molecule has 1 unspecified atom stereocenters. The fourth-order valence-electron chi connectivity index (χ4n) is 4.88. The minimum Gasteiger partial charge on any atom is -0.493 e. The molecule has 2 amide bonds. The van der Waals surface area contributed by atoms with E-state index < -0.39 is 0 Å². The number of methoxy groups -OCH3 is 2. The summed E-state index contributed by atoms with van der Waals surface area (Å²) in [5.74, 6) is 1.85. The number of nitrogens with one attached hydrogen (secondary N) is 1. The topological polar surface area (TPSA) is 84.0 Å². The Morgan fingerprint density at radius 1 is 0.947 bits per heavy atom. The number of nitrogens with zero attached hydrogens (tertiary/aromatic N) is 3. The number of anilines is 1. The summed E-state index contributed by atoms with van der Waals surface area (Å²) < 4.78 is 10.7. The van der Waals surface area contributed by atoms with Crippen LogP contribution < -0.4 is 19.7 Å². The molecule has 8 nitrogen and oxygen atoms in total. The number of carbonyl (C=O) groups is 2. The van der Waals surface area contributed by atoms with Crippen molar-refractivity contribution in [1.29, 1.82) is 0 Å². The predicted octanol–water partition coefficient (Wildman–Crippen LogP) is 3.91. The summed E-state index contributed by atoms with van der Waals surface area (Å²) in [6.45, 7) is 4.97. The van der Waals surface area contributed by atoms with Crippen molar-refractivity contribution in [3.05, 3.63) is 83.6 Å². The second-order valence-electron chi connectivity index (χ2n) is 9.25. The molecule has 1 saturated heterocycles. The van der Waals surface area contributed by atoms with E-state index in [-0.39, 0.29) is 17.7 Å². The lowest BCUT2D eigenvalue weighted by Gasteiger charge is -2.37. The highest BCUT2D eigenvalue weighted by Gasteiger charge is 2.29. The standard InChI is InChI=1S/C30H36N4O4/c1-4-24(23-9-6-5-7-10-23)30(36)34-19-17-33(18-20-34)28-25(11-8-15-31-28)29(35)32-16-14-22-12-13-26(37-2)27(21-22)38-3/h5-13,15,21,24H,4,14,16-20H2,1-3H3,(H,32,35). The van der Waals surface area contributed by atoms with Gasteiger partial charge in [0.1, 0.15) is 5.82 Å². The van der Waals surface area contributed by atoms with E-state index in [2.05, 4.69) is 22.1 Å². The van der Waals surface area contributed by atoms with Crippen LogP contribution in [0.5, 0.6) is 11.5 Å². The average molecular weight is 517 g/mol. The van der Waals surface area contributed by atoms with E-state index in [0.29, 0.717) is 62.0 Å². The van der Waals surface area contributed by atoms with Crippen molar-refractivity contribution in [1.82, 2.24) is 15.2 Å². The number of carbonyl (C=O) groups excluding carboxylic acids is 2. The first-order valence-electron chi connectivity index (χ1n) is 13.1. The number of piperazine rings is 1. The summed E-state index contributed by atoms with van der Waals surface area (Å²) in [7, 11) is 3.21. The van der Waals surface area contributed by atoms with Gasteiger partial charge in [0.25, 0.3) is 5.91 Å². The highest BCUT2D eigenvalue weighted by molar-refractivity contribution is 5.99. The highest BCUT2D eigenvalue weighted by Crippen LogP contribution is 2.28. The lowest BCUT2D eigenvalue weighted by Crippen LogP contribution is -2.50. The fraction of sp³-hybridized carbons (Fsp3) is 0.367. The normalized spacial score (nSPS) is 14.1. The molecule has 0 aliphatic carbocycles. The van der Waals surface area contributed by atoms with Gasteiger partial charge in [0.05, 0.1) is 25.7 Å². The number of ether oxygens (including phenoxy) is 2. The molecule has 200 valence electrons. The molecule has 0 bridgehead atoms. The quantitative estimate of drug-likeness (QED) is 0.440. The molecular weight excluding hydrogens is 480 g/mol. The number of benzene rings is 2. The van der Waals surface area contributed by atoms with E-state index in [9.17, 15) is 9.59 Å². The maximum absolute atomic E-state index is 13.3. The number of amides is 2. The van der Waals surface area contributed by atoms with Gasteiger partial charge in [-0.25, -0.2) is 4.98 Å². The fourth-order valence-corrected chi connectivity index (χ4v) is 4.88. The van der Waals surface area contributed by atoms with Crippen LogP contribution in [0.25, 0.3) is 0 Å². The van der Waals surface area contributed by atoms with E-state index in [4.69, 9.17) is 9.47 Å². The zero-order valence-electron chi connectivity index (χ0n) is 22.4. The van der Waals surface area contributed by atoms with Crippen LogP contribution in [0, 0.1) is 0 Å². The van der Waals surface area contributed by atoms with Gasteiger partial charge in [0.2, 0.25) is 5.91 Å². The SMILES string of the molecule is CCC(C(=O)N1CCN(c2ncccc2C(=O)NCCc2ccc(OC)c(OC)c2)CC1)c1ccccc1. The van der Waals surface area contributed by atoms with Crippen molar-refractivity contribution in [3.8, 4) is 11.5 Å². The zero-order chi connectivity index (χ0) is 26.9. The van der Waals surface area contributed by atoms with Crippen LogP contribution >= 0.6 is 0 Å². The first-order chi connectivity index (χ1) is 18.5. The molecule has 0 saturated carbocycles. The van der Waals surface area contributed by atoms with E-state index in [1.165, 1.54) is 0 Å². The Morgan fingerprint density at radius 3 is 2.37 bits per heavy atom. The second kappa shape index (κ2) is 12.9. The smallest absolute Gasteiger partial charge is 0.255 e. The first kappa shape index (κ1) is 27.0. The van der Waals surface area contributed by atoms with Crippen molar-refractivity contribution in [2.24, 2.45) is 0 Å². The zero-order valence-corrected chi connectivity index (χ0v) is 22.4. The molecule has 3 aromatic rings. The summed E-state index contributed by atoms with van der Waals surface area (Å²) >= 11 is 0. The summed E-state index contributed by atoms with van der Waals surface area (Å²) in [6.07, 6.45) is 3.12. The second-order valence-corrected chi connectivity index (χ2v) is 9.25. The molecule has 38 heavy (non-hydrogen) atoms. The molecule has 2 aromatic carbocycles. The van der Waals surface area contributed by atoms with Gasteiger partial charge >= 0.3 is 0 Å². The number of hydrogen-bond donors (Lipinski definition) is 1. The van der Waals surface area contributed by atoms with Gasteiger partial charge in [0.15, 0.2) is 11.5 Å². The van der Waals surface area contributed by atoms with Crippen molar-refractivity contribution in [2.75, 3.05) is 51.8 Å². The average Bonchev–Trinajstić information content (AvgIpc) is 2.98. The van der Waals surface area contributed by atoms with Crippen LogP contribution in [0.3, 0.4) is 0 Å². The molecule has 0 spiro atoms. The Hall–Kier alpha value is -4.07. The number of aromatic nitrogens is 1. The monoisotopic (exact) mass is 516 g/mol. The third-order valence-electron chi connectivity index (χ3n) is 6.98. The van der Waals surface area contributed by atoms with Crippen molar-refractivity contribution < 1.29 is 19.1 Å². The van der Waals surface area contributed by atoms with Gasteiger partial charge in [-0.05, 0) is 48.2 Å². The molecule has 1 aliphatic heterocycles. The van der Waals surface area contributed by atoms with Gasteiger partial charge < -0.3 is 24.6 Å². The molecule has 0 radical (unpaired) electrons. The maximum Gasteiger partial charge on any atom is 0.255 e. The van der Waals surface area contributed by atoms with E-state index >= 15 is 0 Å². The van der Waals surface area contributed by atoms with E-state index in [0.717, 1.165) is 17.5 Å². The van der Waals surface area contributed by atoms with Crippen LogP contribution in [0.2, 0.25) is 0 Å². The predicted molar refractivity (Wildman–Crippen MR) is 148 cm³/mol. The third kappa shape index (κ3) is 6.25. The minimum atomic E-state index is -0.165. The molecule has 8 heteroatoms. The molecule has 1 fully saturated rings. The molecule has 2 heterocycles. The van der Waals surface area contributed by atoms with Crippen LogP contribution in [0.15, 0.2) is 66.9 Å². The summed E-state index contributed by atoms with van der Waals surface area (Å²) in [4.78, 5) is 34.9. The Balaban J connectivity index is 1.35. The van der Waals surface area contributed by atoms with Crippen molar-refractivity contribution >= 4 is 17.6 Å². The highest BCUT2D eigenvalue weighted by atomic mass is 16.5. The van der Waals surface area contributed by atoms with Crippen molar-refractivity contribution in [2.45, 2.75) is 25.7 Å². The molecule has 1 N–H and O–H groups in total. The van der Waals surface area contributed by atoms with Crippen LogP contribution in [-0.4, -0.2) is 68.6 Å². The lowest BCUT2D eigenvalue weighted by atomic mass is 9.95. The summed E-state index contributed by atoms with van der Waals surface area (Å²) in [5, 5.41) is 3.02. The molecular formula is C30H36N4O4. The van der Waals surface area contributed by atoms with Gasteiger partial charge in [0, 0.05) is 38.9 Å². The number of pyridine rings is 1.